The highest BCUT2D eigenvalue weighted by atomic mass is 33.1. The second-order valence-electron chi connectivity index (χ2n) is 2.58. The molecule has 0 nitrogen and oxygen atoms in total. The van der Waals surface area contributed by atoms with Gasteiger partial charge in [-0.15, -0.1) is 0 Å². The Labute approximate surface area is 81.3 Å². The van der Waals surface area contributed by atoms with Crippen molar-refractivity contribution < 1.29 is 8.78 Å². The molecular formula is C8H16F2S2. The summed E-state index contributed by atoms with van der Waals surface area (Å²) in [4.78, 5) is 0. The lowest BCUT2D eigenvalue weighted by Gasteiger charge is -2.05. The summed E-state index contributed by atoms with van der Waals surface area (Å²) in [7, 11) is 2.86. The zero-order valence-corrected chi connectivity index (χ0v) is 9.19. The molecule has 0 aliphatic rings. The van der Waals surface area contributed by atoms with E-state index in [9.17, 15) is 8.78 Å². The van der Waals surface area contributed by atoms with Crippen molar-refractivity contribution in [3.05, 3.63) is 0 Å². The summed E-state index contributed by atoms with van der Waals surface area (Å²) < 4.78 is 25.2. The van der Waals surface area contributed by atoms with Crippen LogP contribution in [0, 0.1) is 0 Å². The quantitative estimate of drug-likeness (QED) is 0.466. The summed E-state index contributed by atoms with van der Waals surface area (Å²) in [5, 5.41) is 0. The van der Waals surface area contributed by atoms with Gasteiger partial charge in [0.2, 0.25) is 0 Å². The molecule has 0 fully saturated rings. The van der Waals surface area contributed by atoms with E-state index in [0.717, 1.165) is 0 Å². The van der Waals surface area contributed by atoms with Crippen LogP contribution in [-0.2, 0) is 0 Å². The molecule has 0 radical (unpaired) electrons. The second-order valence-corrected chi connectivity index (χ2v) is 5.13. The Kier molecular flexibility index (Phi) is 8.55. The molecule has 0 N–H and O–H groups in total. The van der Waals surface area contributed by atoms with Crippen molar-refractivity contribution in [3.8, 4) is 0 Å². The first-order chi connectivity index (χ1) is 5.70. The lowest BCUT2D eigenvalue weighted by molar-refractivity contribution is 0.357. The third kappa shape index (κ3) is 7.22. The highest BCUT2D eigenvalue weighted by Crippen LogP contribution is 2.25. The van der Waals surface area contributed by atoms with Crippen LogP contribution in [0.4, 0.5) is 8.78 Å². The smallest absolute Gasteiger partial charge is 0.110 e. The molecule has 0 bridgehead atoms. The summed E-state index contributed by atoms with van der Waals surface area (Å²) in [6, 6.07) is 0. The number of halogens is 2. The topological polar surface area (TPSA) is 0 Å². The van der Waals surface area contributed by atoms with Gasteiger partial charge in [-0.05, 0) is 12.8 Å². The first-order valence-corrected chi connectivity index (χ1v) is 6.72. The predicted octanol–water partition coefficient (Wildman–Crippen LogP) is 3.86. The van der Waals surface area contributed by atoms with E-state index in [1.807, 2.05) is 13.8 Å². The Morgan fingerprint density at radius 1 is 0.917 bits per heavy atom. The fourth-order valence-electron chi connectivity index (χ4n) is 0.480. The second kappa shape index (κ2) is 8.17. The molecule has 74 valence electrons. The highest BCUT2D eigenvalue weighted by molar-refractivity contribution is 8.76. The molecule has 0 spiro atoms. The maximum Gasteiger partial charge on any atom is 0.110 e. The van der Waals surface area contributed by atoms with E-state index in [1.165, 1.54) is 21.6 Å². The Bertz CT molecular complexity index is 89.1. The van der Waals surface area contributed by atoms with Crippen molar-refractivity contribution in [1.82, 2.24) is 0 Å². The zero-order chi connectivity index (χ0) is 9.40. The van der Waals surface area contributed by atoms with E-state index in [1.54, 1.807) is 0 Å². The molecule has 0 saturated carbocycles. The normalized spacial score (nSPS) is 16.0. The molecule has 0 aromatic rings. The zero-order valence-electron chi connectivity index (χ0n) is 7.56. The summed E-state index contributed by atoms with van der Waals surface area (Å²) in [6.07, 6.45) is -0.356. The number of hydrogen-bond donors (Lipinski definition) is 0. The van der Waals surface area contributed by atoms with Crippen LogP contribution in [-0.4, -0.2) is 23.8 Å². The molecule has 2 atom stereocenters. The van der Waals surface area contributed by atoms with E-state index in [2.05, 4.69) is 0 Å². The van der Waals surface area contributed by atoms with Crippen molar-refractivity contribution in [2.24, 2.45) is 0 Å². The summed E-state index contributed by atoms with van der Waals surface area (Å²) >= 11 is 0. The van der Waals surface area contributed by atoms with Crippen molar-refractivity contribution in [2.45, 2.75) is 39.0 Å². The molecule has 0 aromatic heterocycles. The van der Waals surface area contributed by atoms with Crippen LogP contribution in [0.15, 0.2) is 0 Å². The fourth-order valence-corrected chi connectivity index (χ4v) is 2.90. The van der Waals surface area contributed by atoms with Crippen LogP contribution in [0.2, 0.25) is 0 Å². The predicted molar refractivity (Wildman–Crippen MR) is 55.3 cm³/mol. The standard InChI is InChI=1S/C8H16F2S2/c1-3-7(9)5-11-12-6-8(10)4-2/h7-8H,3-6H2,1-2H3. The Balaban J connectivity index is 3.10. The molecule has 0 aliphatic carbocycles. The largest absolute Gasteiger partial charge is 0.247 e. The minimum atomic E-state index is -0.734. The number of alkyl halides is 2. The van der Waals surface area contributed by atoms with Crippen LogP contribution in [0.5, 0.6) is 0 Å². The molecule has 12 heavy (non-hydrogen) atoms. The molecular weight excluding hydrogens is 198 g/mol. The SMILES string of the molecule is CCC(F)CSSCC(F)CC. The van der Waals surface area contributed by atoms with Crippen LogP contribution in [0.3, 0.4) is 0 Å². The van der Waals surface area contributed by atoms with Crippen molar-refractivity contribution >= 4 is 21.6 Å². The van der Waals surface area contributed by atoms with Gasteiger partial charge in [-0.1, -0.05) is 35.4 Å². The molecule has 2 unspecified atom stereocenters. The maximum atomic E-state index is 12.6. The van der Waals surface area contributed by atoms with E-state index < -0.39 is 12.3 Å². The van der Waals surface area contributed by atoms with E-state index >= 15 is 0 Å². The Hall–Kier alpha value is 0.560. The Morgan fingerprint density at radius 3 is 1.50 bits per heavy atom. The lowest BCUT2D eigenvalue weighted by Crippen LogP contribution is -2.02. The fraction of sp³-hybridized carbons (Fsp3) is 1.00. The monoisotopic (exact) mass is 214 g/mol. The summed E-state index contributed by atoms with van der Waals surface area (Å²) in [5.74, 6) is 0.967. The lowest BCUT2D eigenvalue weighted by atomic mass is 10.3. The molecule has 0 amide bonds. The third-order valence-corrected chi connectivity index (χ3v) is 3.95. The first-order valence-electron chi connectivity index (χ1n) is 4.23. The van der Waals surface area contributed by atoms with Gasteiger partial charge in [0.25, 0.3) is 0 Å². The van der Waals surface area contributed by atoms with Crippen molar-refractivity contribution in [3.63, 3.8) is 0 Å². The summed E-state index contributed by atoms with van der Waals surface area (Å²) in [6.45, 7) is 3.64. The molecule has 0 heterocycles. The maximum absolute atomic E-state index is 12.6. The van der Waals surface area contributed by atoms with Gasteiger partial charge >= 0.3 is 0 Å². The Morgan fingerprint density at radius 2 is 1.25 bits per heavy atom. The van der Waals surface area contributed by atoms with Crippen LogP contribution in [0.25, 0.3) is 0 Å². The van der Waals surface area contributed by atoms with Gasteiger partial charge in [0.1, 0.15) is 12.3 Å². The molecule has 0 saturated heterocycles. The van der Waals surface area contributed by atoms with Gasteiger partial charge in [-0.3, -0.25) is 0 Å². The molecule has 0 aromatic carbocycles. The molecule has 4 heteroatoms. The van der Waals surface area contributed by atoms with E-state index in [4.69, 9.17) is 0 Å². The van der Waals surface area contributed by atoms with Gasteiger partial charge in [0.05, 0.1) is 0 Å². The average Bonchev–Trinajstić information content (AvgIpc) is 2.11. The number of hydrogen-bond acceptors (Lipinski definition) is 2. The van der Waals surface area contributed by atoms with Gasteiger partial charge in [-0.2, -0.15) is 0 Å². The van der Waals surface area contributed by atoms with E-state index in [0.29, 0.717) is 24.3 Å². The van der Waals surface area contributed by atoms with E-state index in [-0.39, 0.29) is 0 Å². The summed E-state index contributed by atoms with van der Waals surface area (Å²) in [5.41, 5.74) is 0. The van der Waals surface area contributed by atoms with Gasteiger partial charge in [0, 0.05) is 11.5 Å². The van der Waals surface area contributed by atoms with Gasteiger partial charge in [-0.25, -0.2) is 8.78 Å². The minimum absolute atomic E-state index is 0.484. The van der Waals surface area contributed by atoms with Crippen LogP contribution < -0.4 is 0 Å². The van der Waals surface area contributed by atoms with Crippen molar-refractivity contribution in [2.75, 3.05) is 11.5 Å². The molecule has 0 aliphatic heterocycles. The third-order valence-electron chi connectivity index (χ3n) is 1.47. The van der Waals surface area contributed by atoms with Gasteiger partial charge in [0.15, 0.2) is 0 Å². The van der Waals surface area contributed by atoms with Gasteiger partial charge < -0.3 is 0 Å². The van der Waals surface area contributed by atoms with Crippen LogP contribution >= 0.6 is 21.6 Å². The van der Waals surface area contributed by atoms with Crippen molar-refractivity contribution in [1.29, 1.82) is 0 Å². The van der Waals surface area contributed by atoms with Crippen LogP contribution in [0.1, 0.15) is 26.7 Å². The minimum Gasteiger partial charge on any atom is -0.247 e. The number of rotatable bonds is 7. The molecule has 0 rings (SSSR count). The average molecular weight is 214 g/mol. The first kappa shape index (κ1) is 12.6. The highest BCUT2D eigenvalue weighted by Gasteiger charge is 2.06.